The number of likely N-dealkylation sites (N-methyl/N-ethyl adjacent to an activating group) is 1. The number of anilines is 6. The van der Waals surface area contributed by atoms with Crippen LogP contribution in [0.5, 0.6) is 5.75 Å². The van der Waals surface area contributed by atoms with E-state index in [9.17, 15) is 9.59 Å². The number of hydrogen-bond acceptors (Lipinski definition) is 10. The van der Waals surface area contributed by atoms with Gasteiger partial charge in [-0.2, -0.15) is 4.98 Å². The van der Waals surface area contributed by atoms with Crippen LogP contribution in [0, 0.1) is 0 Å². The van der Waals surface area contributed by atoms with Crippen molar-refractivity contribution in [3.8, 4) is 5.75 Å². The van der Waals surface area contributed by atoms with Crippen LogP contribution in [0.15, 0.2) is 90.1 Å². The van der Waals surface area contributed by atoms with E-state index in [1.54, 1.807) is 24.3 Å². The molecule has 1 aromatic heterocycles. The number of aromatic nitrogens is 2. The topological polar surface area (TPSA) is 119 Å². The highest BCUT2D eigenvalue weighted by molar-refractivity contribution is 6.21. The first-order chi connectivity index (χ1) is 23.0. The highest BCUT2D eigenvalue weighted by Crippen LogP contribution is 2.37. The Kier molecular flexibility index (Phi) is 8.23. The maximum Gasteiger partial charge on any atom is 0.266 e. The lowest BCUT2D eigenvalue weighted by Gasteiger charge is -2.35. The molecule has 4 heterocycles. The van der Waals surface area contributed by atoms with Gasteiger partial charge in [0.05, 0.1) is 25.0 Å². The van der Waals surface area contributed by atoms with Crippen LogP contribution >= 0.6 is 0 Å². The van der Waals surface area contributed by atoms with Gasteiger partial charge >= 0.3 is 0 Å². The monoisotopic (exact) mass is 629 g/mol. The molecule has 4 aromatic rings. The lowest BCUT2D eigenvalue weighted by molar-refractivity contribution is -0.111. The lowest BCUT2D eigenvalue weighted by Crippen LogP contribution is -2.48. The molecule has 0 spiro atoms. The summed E-state index contributed by atoms with van der Waals surface area (Å²) >= 11 is 0. The third-order valence-corrected chi connectivity index (χ3v) is 8.37. The predicted molar refractivity (Wildman–Crippen MR) is 184 cm³/mol. The molecule has 0 radical (unpaired) electrons. The van der Waals surface area contributed by atoms with E-state index in [2.05, 4.69) is 43.5 Å². The fourth-order valence-corrected chi connectivity index (χ4v) is 5.86. The van der Waals surface area contributed by atoms with Crippen LogP contribution in [-0.2, 0) is 4.79 Å². The minimum absolute atomic E-state index is 0.205. The van der Waals surface area contributed by atoms with Crippen molar-refractivity contribution in [2.24, 2.45) is 4.99 Å². The minimum atomic E-state index is -0.263. The Hall–Kier alpha value is -5.75. The predicted octanol–water partition coefficient (Wildman–Crippen LogP) is 4.60. The van der Waals surface area contributed by atoms with E-state index in [0.29, 0.717) is 59.2 Å². The highest BCUT2D eigenvalue weighted by atomic mass is 16.5. The summed E-state index contributed by atoms with van der Waals surface area (Å²) in [7, 11) is 3.77. The molecule has 1 fully saturated rings. The van der Waals surface area contributed by atoms with Crippen LogP contribution in [0.4, 0.5) is 34.5 Å². The highest BCUT2D eigenvalue weighted by Gasteiger charge is 2.40. The average Bonchev–Trinajstić information content (AvgIpc) is 3.59. The maximum absolute atomic E-state index is 13.5. The standard InChI is InChI=1S/C35H35N9O3/c1-41-17-19-42(20-18-41)26-12-13-29(30(22-26)47-2)39-34-37-23-28-32(40-34)44(35-36-15-16-43(35)33(28)46)27-10-6-9-25(21-27)38-31(45)14-11-24-7-4-3-5-8-24/h3-14,21-23H,15-20H2,1-2H3,(H,38,45)(H,37,39,40)/b14-11+. The second-order valence-corrected chi connectivity index (χ2v) is 11.5. The van der Waals surface area contributed by atoms with Gasteiger partial charge in [0.25, 0.3) is 5.91 Å². The largest absolute Gasteiger partial charge is 0.494 e. The number of nitrogens with zero attached hydrogens (tertiary/aromatic N) is 7. The quantitative estimate of drug-likeness (QED) is 0.270. The zero-order valence-electron chi connectivity index (χ0n) is 26.3. The van der Waals surface area contributed by atoms with Gasteiger partial charge in [-0.3, -0.25) is 24.4 Å². The second kappa shape index (κ2) is 12.9. The molecule has 2 amide bonds. The molecule has 3 aliphatic rings. The van der Waals surface area contributed by atoms with Crippen molar-refractivity contribution in [2.75, 3.05) is 73.9 Å². The molecule has 238 valence electrons. The average molecular weight is 630 g/mol. The Balaban J connectivity index is 1.17. The van der Waals surface area contributed by atoms with E-state index in [1.807, 2.05) is 71.6 Å². The molecule has 7 rings (SSSR count). The van der Waals surface area contributed by atoms with Crippen LogP contribution in [0.2, 0.25) is 0 Å². The number of rotatable bonds is 8. The molecule has 3 aromatic carbocycles. The third kappa shape index (κ3) is 6.23. The maximum atomic E-state index is 13.5. The fourth-order valence-electron chi connectivity index (χ4n) is 5.86. The number of guanidine groups is 1. The number of carbonyl (C=O) groups excluding carboxylic acids is 2. The van der Waals surface area contributed by atoms with Gasteiger partial charge in [-0.25, -0.2) is 4.98 Å². The summed E-state index contributed by atoms with van der Waals surface area (Å²) in [6, 6.07) is 23.0. The first-order valence-corrected chi connectivity index (χ1v) is 15.5. The normalized spacial score (nSPS) is 16.2. The fraction of sp³-hybridized carbons (Fsp3) is 0.229. The van der Waals surface area contributed by atoms with Crippen molar-refractivity contribution in [1.82, 2.24) is 19.8 Å². The van der Waals surface area contributed by atoms with E-state index in [1.165, 1.54) is 6.08 Å². The Morgan fingerprint density at radius 1 is 0.936 bits per heavy atom. The Labute approximate surface area is 273 Å². The van der Waals surface area contributed by atoms with E-state index in [4.69, 9.17) is 9.72 Å². The van der Waals surface area contributed by atoms with Gasteiger partial charge in [0.1, 0.15) is 11.3 Å². The van der Waals surface area contributed by atoms with Crippen LogP contribution < -0.4 is 25.2 Å². The number of benzene rings is 3. The van der Waals surface area contributed by atoms with Gasteiger partial charge in [-0.15, -0.1) is 0 Å². The molecule has 0 unspecified atom stereocenters. The Bertz CT molecular complexity index is 1870. The van der Waals surface area contributed by atoms with Gasteiger partial charge in [0.2, 0.25) is 17.8 Å². The number of ether oxygens (including phenoxy) is 1. The van der Waals surface area contributed by atoms with E-state index < -0.39 is 0 Å². The van der Waals surface area contributed by atoms with E-state index >= 15 is 0 Å². The van der Waals surface area contributed by atoms with Gasteiger partial charge in [0, 0.05) is 62.4 Å². The summed E-state index contributed by atoms with van der Waals surface area (Å²) < 4.78 is 5.75. The zero-order chi connectivity index (χ0) is 32.3. The number of fused-ring (bicyclic) bond motifs is 2. The SMILES string of the molecule is COc1cc(N2CCN(C)CC2)ccc1Nc1ncc2c(n1)N(c1cccc(NC(=O)/C=C/c3ccccc3)c1)C1=NCCN1C2=O. The molecule has 3 aliphatic heterocycles. The van der Waals surface area contributed by atoms with Gasteiger partial charge in [0.15, 0.2) is 5.82 Å². The number of carbonyl (C=O) groups is 2. The molecule has 12 nitrogen and oxygen atoms in total. The van der Waals surface area contributed by atoms with Crippen LogP contribution in [0.1, 0.15) is 15.9 Å². The summed E-state index contributed by atoms with van der Waals surface area (Å²) in [4.78, 5) is 48.4. The lowest BCUT2D eigenvalue weighted by atomic mass is 10.1. The number of amides is 2. The molecule has 0 bridgehead atoms. The smallest absolute Gasteiger partial charge is 0.266 e. The summed E-state index contributed by atoms with van der Waals surface area (Å²) in [5, 5.41) is 6.23. The molecule has 0 atom stereocenters. The molecule has 47 heavy (non-hydrogen) atoms. The Morgan fingerprint density at radius 2 is 1.77 bits per heavy atom. The van der Waals surface area contributed by atoms with Crippen molar-refractivity contribution in [1.29, 1.82) is 0 Å². The van der Waals surface area contributed by atoms with Crippen molar-refractivity contribution >= 4 is 58.4 Å². The number of methoxy groups -OCH3 is 1. The number of hydrogen-bond donors (Lipinski definition) is 2. The first-order valence-electron chi connectivity index (χ1n) is 15.5. The molecule has 1 saturated heterocycles. The molecular weight excluding hydrogens is 594 g/mol. The Morgan fingerprint density at radius 3 is 2.57 bits per heavy atom. The summed E-state index contributed by atoms with van der Waals surface area (Å²) in [5.74, 6) is 1.37. The number of aliphatic imine (C=N–C) groups is 1. The summed E-state index contributed by atoms with van der Waals surface area (Å²) in [6.07, 6.45) is 4.80. The van der Waals surface area contributed by atoms with Crippen LogP contribution in [0.3, 0.4) is 0 Å². The molecule has 0 saturated carbocycles. The summed E-state index contributed by atoms with van der Waals surface area (Å²) in [6.45, 7) is 4.83. The van der Waals surface area contributed by atoms with Gasteiger partial charge < -0.3 is 25.2 Å². The van der Waals surface area contributed by atoms with Crippen LogP contribution in [-0.4, -0.2) is 91.0 Å². The molecular formula is C35H35N9O3. The number of nitrogens with one attached hydrogen (secondary N) is 2. The zero-order valence-corrected chi connectivity index (χ0v) is 26.3. The number of piperazine rings is 1. The van der Waals surface area contributed by atoms with Gasteiger partial charge in [-0.1, -0.05) is 36.4 Å². The first kappa shape index (κ1) is 29.9. The van der Waals surface area contributed by atoms with Crippen molar-refractivity contribution in [3.63, 3.8) is 0 Å². The van der Waals surface area contributed by atoms with Crippen LogP contribution in [0.25, 0.3) is 6.08 Å². The van der Waals surface area contributed by atoms with Crippen molar-refractivity contribution in [2.45, 2.75) is 0 Å². The minimum Gasteiger partial charge on any atom is -0.494 e. The molecule has 0 aliphatic carbocycles. The van der Waals surface area contributed by atoms with Crippen molar-refractivity contribution in [3.05, 3.63) is 96.2 Å². The molecule has 2 N–H and O–H groups in total. The van der Waals surface area contributed by atoms with E-state index in [-0.39, 0.29) is 11.8 Å². The second-order valence-electron chi connectivity index (χ2n) is 11.5. The summed E-state index contributed by atoms with van der Waals surface area (Å²) in [5.41, 5.74) is 4.35. The molecule has 12 heteroatoms. The van der Waals surface area contributed by atoms with E-state index in [0.717, 1.165) is 37.4 Å². The van der Waals surface area contributed by atoms with Gasteiger partial charge in [-0.05, 0) is 49.0 Å². The third-order valence-electron chi connectivity index (χ3n) is 8.37. The van der Waals surface area contributed by atoms with Crippen molar-refractivity contribution < 1.29 is 14.3 Å².